The lowest BCUT2D eigenvalue weighted by molar-refractivity contribution is 0.302. The van der Waals surface area contributed by atoms with Crippen molar-refractivity contribution in [3.63, 3.8) is 0 Å². The third-order valence-electron chi connectivity index (χ3n) is 2.58. The zero-order valence-electron chi connectivity index (χ0n) is 10.1. The standard InChI is InChI=1S/C11H17N5S/c1-15(5-10-7-17-8-13-10)6-11(12)9-3-14-16(2)4-9/h3-4,7-8,11H,5-6,12H2,1-2H3. The van der Waals surface area contributed by atoms with E-state index < -0.39 is 0 Å². The van der Waals surface area contributed by atoms with Gasteiger partial charge < -0.3 is 5.73 Å². The number of thiazole rings is 1. The van der Waals surface area contributed by atoms with E-state index in [1.807, 2.05) is 25.0 Å². The van der Waals surface area contributed by atoms with Gasteiger partial charge in [-0.2, -0.15) is 5.10 Å². The second-order valence-electron chi connectivity index (χ2n) is 4.23. The van der Waals surface area contributed by atoms with Crippen LogP contribution in [0.1, 0.15) is 17.3 Å². The molecule has 0 aliphatic rings. The topological polar surface area (TPSA) is 60.0 Å². The monoisotopic (exact) mass is 251 g/mol. The molecular weight excluding hydrogens is 234 g/mol. The van der Waals surface area contributed by atoms with Crippen LogP contribution < -0.4 is 5.73 Å². The van der Waals surface area contributed by atoms with E-state index >= 15 is 0 Å². The van der Waals surface area contributed by atoms with E-state index in [0.29, 0.717) is 0 Å². The fourth-order valence-corrected chi connectivity index (χ4v) is 2.28. The Morgan fingerprint density at radius 1 is 1.59 bits per heavy atom. The van der Waals surface area contributed by atoms with Crippen molar-refractivity contribution < 1.29 is 0 Å². The lowest BCUT2D eigenvalue weighted by Crippen LogP contribution is -2.28. The summed E-state index contributed by atoms with van der Waals surface area (Å²) in [5.41, 5.74) is 10.1. The third kappa shape index (κ3) is 3.36. The molecule has 5 nitrogen and oxygen atoms in total. The molecule has 17 heavy (non-hydrogen) atoms. The molecule has 0 saturated carbocycles. The number of aromatic nitrogens is 3. The minimum absolute atomic E-state index is 0.00710. The Hall–Kier alpha value is -1.24. The highest BCUT2D eigenvalue weighted by Crippen LogP contribution is 2.11. The predicted molar refractivity (Wildman–Crippen MR) is 68.6 cm³/mol. The molecule has 1 unspecified atom stereocenters. The zero-order chi connectivity index (χ0) is 12.3. The molecule has 2 aromatic rings. The molecule has 2 rings (SSSR count). The zero-order valence-corrected chi connectivity index (χ0v) is 10.9. The van der Waals surface area contributed by atoms with E-state index in [0.717, 1.165) is 24.3 Å². The van der Waals surface area contributed by atoms with Gasteiger partial charge in [0.15, 0.2) is 0 Å². The average Bonchev–Trinajstić information content (AvgIpc) is 2.89. The highest BCUT2D eigenvalue weighted by molar-refractivity contribution is 7.07. The van der Waals surface area contributed by atoms with Crippen molar-refractivity contribution >= 4 is 11.3 Å². The van der Waals surface area contributed by atoms with Crippen LogP contribution in [-0.4, -0.2) is 33.3 Å². The molecule has 0 aliphatic carbocycles. The van der Waals surface area contributed by atoms with Crippen LogP contribution in [0.3, 0.4) is 0 Å². The number of likely N-dealkylation sites (N-methyl/N-ethyl adjacent to an activating group) is 1. The van der Waals surface area contributed by atoms with Crippen molar-refractivity contribution in [3.8, 4) is 0 Å². The first-order valence-corrected chi connectivity index (χ1v) is 6.39. The molecule has 2 N–H and O–H groups in total. The van der Waals surface area contributed by atoms with Crippen molar-refractivity contribution in [1.29, 1.82) is 0 Å². The highest BCUT2D eigenvalue weighted by atomic mass is 32.1. The van der Waals surface area contributed by atoms with Gasteiger partial charge in [0.25, 0.3) is 0 Å². The second kappa shape index (κ2) is 5.39. The highest BCUT2D eigenvalue weighted by Gasteiger charge is 2.11. The van der Waals surface area contributed by atoms with Gasteiger partial charge in [0.2, 0.25) is 0 Å². The van der Waals surface area contributed by atoms with Gasteiger partial charge in [-0.05, 0) is 7.05 Å². The van der Waals surface area contributed by atoms with Gasteiger partial charge in [0, 0.05) is 43.3 Å². The smallest absolute Gasteiger partial charge is 0.0795 e. The Bertz CT molecular complexity index is 450. The first-order chi connectivity index (χ1) is 8.15. The van der Waals surface area contributed by atoms with E-state index in [9.17, 15) is 0 Å². The maximum atomic E-state index is 6.13. The Kier molecular flexibility index (Phi) is 3.88. The third-order valence-corrected chi connectivity index (χ3v) is 3.21. The maximum Gasteiger partial charge on any atom is 0.0795 e. The molecule has 2 aromatic heterocycles. The van der Waals surface area contributed by atoms with Gasteiger partial charge in [0.1, 0.15) is 0 Å². The molecule has 0 bridgehead atoms. The molecule has 1 atom stereocenters. The minimum atomic E-state index is -0.00710. The molecule has 0 aliphatic heterocycles. The molecule has 0 amide bonds. The number of aryl methyl sites for hydroxylation is 1. The van der Waals surface area contributed by atoms with Crippen molar-refractivity contribution in [3.05, 3.63) is 34.5 Å². The molecular formula is C11H17N5S. The van der Waals surface area contributed by atoms with E-state index in [1.54, 1.807) is 16.0 Å². The second-order valence-corrected chi connectivity index (χ2v) is 4.95. The van der Waals surface area contributed by atoms with E-state index in [2.05, 4.69) is 27.4 Å². The summed E-state index contributed by atoms with van der Waals surface area (Å²) in [6, 6.07) is -0.00710. The summed E-state index contributed by atoms with van der Waals surface area (Å²) in [6.45, 7) is 1.63. The number of hydrogen-bond donors (Lipinski definition) is 1. The fourth-order valence-electron chi connectivity index (χ4n) is 1.73. The van der Waals surface area contributed by atoms with E-state index in [4.69, 9.17) is 5.73 Å². The fraction of sp³-hybridized carbons (Fsp3) is 0.455. The molecule has 0 saturated heterocycles. The summed E-state index contributed by atoms with van der Waals surface area (Å²) in [5, 5.41) is 6.19. The summed E-state index contributed by atoms with van der Waals surface area (Å²) >= 11 is 1.62. The van der Waals surface area contributed by atoms with Gasteiger partial charge in [0.05, 0.1) is 17.4 Å². The van der Waals surface area contributed by atoms with Crippen molar-refractivity contribution in [2.75, 3.05) is 13.6 Å². The summed E-state index contributed by atoms with van der Waals surface area (Å²) < 4.78 is 1.77. The SMILES string of the molecule is CN(Cc1cscn1)CC(N)c1cnn(C)c1. The Labute approximate surface area is 105 Å². The van der Waals surface area contributed by atoms with Crippen LogP contribution in [0.25, 0.3) is 0 Å². The van der Waals surface area contributed by atoms with Gasteiger partial charge >= 0.3 is 0 Å². The largest absolute Gasteiger partial charge is 0.323 e. The van der Waals surface area contributed by atoms with Crippen LogP contribution in [-0.2, 0) is 13.6 Å². The van der Waals surface area contributed by atoms with Crippen LogP contribution in [0, 0.1) is 0 Å². The summed E-state index contributed by atoms with van der Waals surface area (Å²) in [7, 11) is 3.95. The molecule has 6 heteroatoms. The normalized spacial score (nSPS) is 13.2. The predicted octanol–water partition coefficient (Wildman–Crippen LogP) is 1.01. The average molecular weight is 251 g/mol. The summed E-state index contributed by atoms with van der Waals surface area (Å²) in [4.78, 5) is 6.43. The van der Waals surface area contributed by atoms with Gasteiger partial charge in [-0.15, -0.1) is 11.3 Å². The van der Waals surface area contributed by atoms with Crippen LogP contribution >= 0.6 is 11.3 Å². The lowest BCUT2D eigenvalue weighted by Gasteiger charge is -2.19. The van der Waals surface area contributed by atoms with Gasteiger partial charge in [-0.1, -0.05) is 0 Å². The number of nitrogens with two attached hydrogens (primary N) is 1. The number of nitrogens with zero attached hydrogens (tertiary/aromatic N) is 4. The van der Waals surface area contributed by atoms with Crippen LogP contribution in [0.4, 0.5) is 0 Å². The maximum absolute atomic E-state index is 6.13. The van der Waals surface area contributed by atoms with E-state index in [1.165, 1.54) is 0 Å². The number of rotatable bonds is 5. The van der Waals surface area contributed by atoms with Crippen LogP contribution in [0.15, 0.2) is 23.3 Å². The first-order valence-electron chi connectivity index (χ1n) is 5.45. The molecule has 0 aromatic carbocycles. The van der Waals surface area contributed by atoms with Crippen molar-refractivity contribution in [2.24, 2.45) is 12.8 Å². The molecule has 0 fully saturated rings. The first kappa shape index (κ1) is 12.2. The van der Waals surface area contributed by atoms with E-state index in [-0.39, 0.29) is 6.04 Å². The summed E-state index contributed by atoms with van der Waals surface area (Å²) in [5.74, 6) is 0. The Morgan fingerprint density at radius 2 is 2.41 bits per heavy atom. The number of hydrogen-bond acceptors (Lipinski definition) is 5. The van der Waals surface area contributed by atoms with Gasteiger partial charge in [-0.3, -0.25) is 9.58 Å². The minimum Gasteiger partial charge on any atom is -0.323 e. The molecule has 2 heterocycles. The van der Waals surface area contributed by atoms with Crippen LogP contribution in [0.2, 0.25) is 0 Å². The molecule has 0 radical (unpaired) electrons. The quantitative estimate of drug-likeness (QED) is 0.861. The lowest BCUT2D eigenvalue weighted by atomic mass is 10.1. The Balaban J connectivity index is 1.88. The molecule has 0 spiro atoms. The van der Waals surface area contributed by atoms with Crippen molar-refractivity contribution in [2.45, 2.75) is 12.6 Å². The van der Waals surface area contributed by atoms with Crippen molar-refractivity contribution in [1.82, 2.24) is 19.7 Å². The Morgan fingerprint density at radius 3 is 3.00 bits per heavy atom. The van der Waals surface area contributed by atoms with Gasteiger partial charge in [-0.25, -0.2) is 4.98 Å². The van der Waals surface area contributed by atoms with Crippen LogP contribution in [0.5, 0.6) is 0 Å². The summed E-state index contributed by atoms with van der Waals surface area (Å²) in [6.07, 6.45) is 3.78. The molecule has 92 valence electrons.